The largest absolute Gasteiger partial charge is 0.508 e. The van der Waals surface area contributed by atoms with Crippen molar-refractivity contribution in [1.29, 1.82) is 0 Å². The number of Topliss-reactive ketones (excluding diaryl/α,β-unsaturated/α-hetero) is 1. The van der Waals surface area contributed by atoms with Crippen LogP contribution in [0.4, 0.5) is 0 Å². The summed E-state index contributed by atoms with van der Waals surface area (Å²) < 4.78 is 0. The summed E-state index contributed by atoms with van der Waals surface area (Å²) in [6, 6.07) is 6.28. The number of phenols is 1. The van der Waals surface area contributed by atoms with E-state index in [0.717, 1.165) is 31.2 Å². The number of carbonyl (C=O) groups excluding carboxylic acids is 1. The zero-order valence-electron chi connectivity index (χ0n) is 19.4. The third-order valence-electron chi connectivity index (χ3n) is 6.98. The second kappa shape index (κ2) is 11.8. The van der Waals surface area contributed by atoms with Crippen LogP contribution in [0.15, 0.2) is 18.2 Å². The van der Waals surface area contributed by atoms with Gasteiger partial charge in [-0.05, 0) is 47.3 Å². The lowest BCUT2D eigenvalue weighted by Crippen LogP contribution is -2.22. The van der Waals surface area contributed by atoms with Gasteiger partial charge in [-0.25, -0.2) is 0 Å². The van der Waals surface area contributed by atoms with Gasteiger partial charge in [0.05, 0.1) is 0 Å². The first-order valence-corrected chi connectivity index (χ1v) is 12.2. The number of ketones is 1. The standard InChI is InChI=1S/C27H44O2/c1-5-7-9-11-13-21-17-22(19-24(28)18-21)25-15-14-23(20-26(25)29)27(3,4)16-12-10-8-6-2/h14-15,20-22,29H,5-13,16-19H2,1-4H3/t21-,22+/m1/s1. The predicted molar refractivity (Wildman–Crippen MR) is 124 cm³/mol. The first-order valence-electron chi connectivity index (χ1n) is 12.2. The van der Waals surface area contributed by atoms with Crippen LogP contribution in [0.25, 0.3) is 0 Å². The van der Waals surface area contributed by atoms with Crippen molar-refractivity contribution in [2.45, 2.75) is 122 Å². The molecule has 1 aromatic carbocycles. The lowest BCUT2D eigenvalue weighted by Gasteiger charge is -2.30. The third kappa shape index (κ3) is 7.46. The molecular formula is C27H44O2. The molecule has 29 heavy (non-hydrogen) atoms. The van der Waals surface area contributed by atoms with E-state index in [-0.39, 0.29) is 11.3 Å². The molecule has 0 heterocycles. The van der Waals surface area contributed by atoms with E-state index < -0.39 is 0 Å². The summed E-state index contributed by atoms with van der Waals surface area (Å²) >= 11 is 0. The fraction of sp³-hybridized carbons (Fsp3) is 0.741. The van der Waals surface area contributed by atoms with Crippen LogP contribution in [0.1, 0.15) is 128 Å². The van der Waals surface area contributed by atoms with Gasteiger partial charge in [0.15, 0.2) is 0 Å². The Labute approximate surface area is 179 Å². The highest BCUT2D eigenvalue weighted by Crippen LogP contribution is 2.42. The van der Waals surface area contributed by atoms with Crippen LogP contribution >= 0.6 is 0 Å². The van der Waals surface area contributed by atoms with E-state index in [1.54, 1.807) is 0 Å². The fourth-order valence-electron chi connectivity index (χ4n) is 5.01. The summed E-state index contributed by atoms with van der Waals surface area (Å²) in [5, 5.41) is 10.8. The topological polar surface area (TPSA) is 37.3 Å². The molecule has 0 spiro atoms. The SMILES string of the molecule is CCCCCC[C@H]1CC(=O)C[C@@H](c2ccc(C(C)(C)CCCCCC)cc2O)C1. The highest BCUT2D eigenvalue weighted by Gasteiger charge is 2.30. The minimum absolute atomic E-state index is 0.0773. The summed E-state index contributed by atoms with van der Waals surface area (Å²) in [6.45, 7) is 9.04. The molecule has 0 saturated heterocycles. The normalized spacial score (nSPS) is 20.2. The molecular weight excluding hydrogens is 356 g/mol. The first kappa shape index (κ1) is 24.0. The average Bonchev–Trinajstić information content (AvgIpc) is 2.68. The van der Waals surface area contributed by atoms with E-state index in [9.17, 15) is 9.90 Å². The highest BCUT2D eigenvalue weighted by molar-refractivity contribution is 5.80. The Bertz CT molecular complexity index is 631. The lowest BCUT2D eigenvalue weighted by atomic mass is 9.74. The van der Waals surface area contributed by atoms with Crippen LogP contribution in [0.2, 0.25) is 0 Å². The van der Waals surface area contributed by atoms with Gasteiger partial charge in [0.1, 0.15) is 11.5 Å². The van der Waals surface area contributed by atoms with E-state index in [1.165, 1.54) is 56.9 Å². The van der Waals surface area contributed by atoms with Crippen molar-refractivity contribution in [1.82, 2.24) is 0 Å². The van der Waals surface area contributed by atoms with E-state index in [1.807, 2.05) is 6.07 Å². The Morgan fingerprint density at radius 1 is 0.966 bits per heavy atom. The van der Waals surface area contributed by atoms with Gasteiger partial charge in [-0.1, -0.05) is 97.6 Å². The van der Waals surface area contributed by atoms with Gasteiger partial charge in [0.2, 0.25) is 0 Å². The maximum atomic E-state index is 12.4. The summed E-state index contributed by atoms with van der Waals surface area (Å²) in [6.07, 6.45) is 14.8. The molecule has 0 aromatic heterocycles. The zero-order valence-corrected chi connectivity index (χ0v) is 19.4. The number of hydrogen-bond acceptors (Lipinski definition) is 2. The molecule has 0 radical (unpaired) electrons. The molecule has 1 N–H and O–H groups in total. The number of hydrogen-bond donors (Lipinski definition) is 1. The molecule has 0 amide bonds. The molecule has 0 bridgehead atoms. The van der Waals surface area contributed by atoms with Crippen LogP contribution in [0.5, 0.6) is 5.75 Å². The molecule has 1 aliphatic carbocycles. The molecule has 1 fully saturated rings. The van der Waals surface area contributed by atoms with Gasteiger partial charge in [-0.3, -0.25) is 4.79 Å². The number of rotatable bonds is 12. The molecule has 1 aliphatic rings. The minimum atomic E-state index is 0.0773. The third-order valence-corrected chi connectivity index (χ3v) is 6.98. The minimum Gasteiger partial charge on any atom is -0.508 e. The molecule has 2 rings (SSSR count). The van der Waals surface area contributed by atoms with Crippen molar-refractivity contribution in [2.24, 2.45) is 5.92 Å². The van der Waals surface area contributed by atoms with Crippen LogP contribution in [0.3, 0.4) is 0 Å². The summed E-state index contributed by atoms with van der Waals surface area (Å²) in [7, 11) is 0. The van der Waals surface area contributed by atoms with Crippen molar-refractivity contribution in [3.05, 3.63) is 29.3 Å². The quantitative estimate of drug-likeness (QED) is 0.360. The maximum absolute atomic E-state index is 12.4. The van der Waals surface area contributed by atoms with Gasteiger partial charge >= 0.3 is 0 Å². The Kier molecular flexibility index (Phi) is 9.72. The second-order valence-electron chi connectivity index (χ2n) is 10.1. The fourth-order valence-corrected chi connectivity index (χ4v) is 5.01. The van der Waals surface area contributed by atoms with Crippen molar-refractivity contribution in [2.75, 3.05) is 0 Å². The zero-order chi connectivity index (χ0) is 21.3. The van der Waals surface area contributed by atoms with E-state index >= 15 is 0 Å². The van der Waals surface area contributed by atoms with E-state index in [4.69, 9.17) is 0 Å². The Morgan fingerprint density at radius 3 is 2.31 bits per heavy atom. The van der Waals surface area contributed by atoms with E-state index in [0.29, 0.717) is 23.9 Å². The van der Waals surface area contributed by atoms with Crippen molar-refractivity contribution in [3.63, 3.8) is 0 Å². The summed E-state index contributed by atoms with van der Waals surface area (Å²) in [5.74, 6) is 1.45. The van der Waals surface area contributed by atoms with Crippen molar-refractivity contribution >= 4 is 5.78 Å². The molecule has 2 heteroatoms. The van der Waals surface area contributed by atoms with Gasteiger partial charge in [0, 0.05) is 12.8 Å². The number of unbranched alkanes of at least 4 members (excludes halogenated alkanes) is 6. The van der Waals surface area contributed by atoms with Crippen molar-refractivity contribution in [3.8, 4) is 5.75 Å². The highest BCUT2D eigenvalue weighted by atomic mass is 16.3. The molecule has 2 nitrogen and oxygen atoms in total. The Balaban J connectivity index is 2.01. The molecule has 2 atom stereocenters. The Morgan fingerprint density at radius 2 is 1.66 bits per heavy atom. The maximum Gasteiger partial charge on any atom is 0.133 e. The summed E-state index contributed by atoms with van der Waals surface area (Å²) in [4.78, 5) is 12.4. The first-order chi connectivity index (χ1) is 13.9. The van der Waals surface area contributed by atoms with Crippen LogP contribution in [-0.4, -0.2) is 10.9 Å². The van der Waals surface area contributed by atoms with Gasteiger partial charge in [-0.2, -0.15) is 0 Å². The van der Waals surface area contributed by atoms with Crippen LogP contribution in [0, 0.1) is 5.92 Å². The second-order valence-corrected chi connectivity index (χ2v) is 10.1. The van der Waals surface area contributed by atoms with E-state index in [2.05, 4.69) is 39.8 Å². The number of phenolic OH excluding ortho intramolecular Hbond substituents is 1. The molecule has 1 aromatic rings. The monoisotopic (exact) mass is 400 g/mol. The Hall–Kier alpha value is -1.31. The number of aromatic hydroxyl groups is 1. The van der Waals surface area contributed by atoms with Gasteiger partial charge in [-0.15, -0.1) is 0 Å². The lowest BCUT2D eigenvalue weighted by molar-refractivity contribution is -0.122. The average molecular weight is 401 g/mol. The molecule has 164 valence electrons. The van der Waals surface area contributed by atoms with Gasteiger partial charge in [0.25, 0.3) is 0 Å². The predicted octanol–water partition coefficient (Wildman–Crippen LogP) is 8.06. The molecule has 0 aliphatic heterocycles. The molecule has 1 saturated carbocycles. The molecule has 0 unspecified atom stereocenters. The number of benzene rings is 1. The number of carbonyl (C=O) groups is 1. The van der Waals surface area contributed by atoms with Gasteiger partial charge < -0.3 is 5.11 Å². The smallest absolute Gasteiger partial charge is 0.133 e. The van der Waals surface area contributed by atoms with Crippen LogP contribution < -0.4 is 0 Å². The van der Waals surface area contributed by atoms with Crippen molar-refractivity contribution < 1.29 is 9.90 Å². The van der Waals surface area contributed by atoms with Crippen LogP contribution in [-0.2, 0) is 10.2 Å². The summed E-state index contributed by atoms with van der Waals surface area (Å²) in [5.41, 5.74) is 2.28.